The number of amides is 2. The number of anilines is 1. The van der Waals surface area contributed by atoms with Gasteiger partial charge in [0.15, 0.2) is 0 Å². The molecular formula is C30H35Cl2N3O4S. The Kier molecular flexibility index (Phi) is 11.4. The van der Waals surface area contributed by atoms with Gasteiger partial charge >= 0.3 is 0 Å². The molecule has 2 amide bonds. The van der Waals surface area contributed by atoms with Crippen LogP contribution in [0.3, 0.4) is 0 Å². The van der Waals surface area contributed by atoms with E-state index in [2.05, 4.69) is 5.32 Å². The first-order chi connectivity index (χ1) is 19.0. The van der Waals surface area contributed by atoms with Gasteiger partial charge < -0.3 is 10.2 Å². The molecule has 0 fully saturated rings. The maximum absolute atomic E-state index is 13.9. The minimum absolute atomic E-state index is 0.0261. The smallest absolute Gasteiger partial charge is 0.264 e. The van der Waals surface area contributed by atoms with Gasteiger partial charge in [0.05, 0.1) is 20.6 Å². The first-order valence-electron chi connectivity index (χ1n) is 13.2. The molecule has 1 N–H and O–H groups in total. The van der Waals surface area contributed by atoms with E-state index in [1.807, 2.05) is 44.2 Å². The number of hydrogen-bond acceptors (Lipinski definition) is 4. The third kappa shape index (κ3) is 8.22. The molecule has 214 valence electrons. The first kappa shape index (κ1) is 31.5. The fraction of sp³-hybridized carbons (Fsp3) is 0.333. The largest absolute Gasteiger partial charge is 0.354 e. The van der Waals surface area contributed by atoms with Crippen LogP contribution in [0.15, 0.2) is 77.7 Å². The highest BCUT2D eigenvalue weighted by atomic mass is 35.5. The molecule has 3 aromatic rings. The molecule has 0 aliphatic carbocycles. The highest BCUT2D eigenvalue weighted by Gasteiger charge is 2.32. The SMILES string of the molecule is CCCCNC(=O)[C@@H](C)N(CCc1ccccc1)C(=O)CN(c1ccc(Cl)c(Cl)c1)S(=O)(=O)c1ccc(C)cc1. The average molecular weight is 605 g/mol. The summed E-state index contributed by atoms with van der Waals surface area (Å²) < 4.78 is 28.7. The van der Waals surface area contributed by atoms with Crippen molar-refractivity contribution in [1.29, 1.82) is 0 Å². The Morgan fingerprint density at radius 3 is 2.25 bits per heavy atom. The predicted molar refractivity (Wildman–Crippen MR) is 161 cm³/mol. The third-order valence-corrected chi connectivity index (χ3v) is 9.09. The molecule has 0 aliphatic heterocycles. The first-order valence-corrected chi connectivity index (χ1v) is 15.4. The van der Waals surface area contributed by atoms with Crippen LogP contribution in [0.2, 0.25) is 10.0 Å². The Balaban J connectivity index is 1.97. The highest BCUT2D eigenvalue weighted by molar-refractivity contribution is 7.92. The van der Waals surface area contributed by atoms with Gasteiger partial charge in [-0.1, -0.05) is 84.6 Å². The number of nitrogens with zero attached hydrogens (tertiary/aromatic N) is 2. The monoisotopic (exact) mass is 603 g/mol. The zero-order chi connectivity index (χ0) is 29.3. The number of rotatable bonds is 13. The summed E-state index contributed by atoms with van der Waals surface area (Å²) in [5.41, 5.74) is 2.07. The van der Waals surface area contributed by atoms with E-state index in [4.69, 9.17) is 23.2 Å². The van der Waals surface area contributed by atoms with Crippen molar-refractivity contribution in [2.24, 2.45) is 0 Å². The van der Waals surface area contributed by atoms with Crippen molar-refractivity contribution in [3.8, 4) is 0 Å². The van der Waals surface area contributed by atoms with Crippen LogP contribution in [0, 0.1) is 6.92 Å². The summed E-state index contributed by atoms with van der Waals surface area (Å²) in [6.07, 6.45) is 2.23. The molecule has 0 saturated carbocycles. The lowest BCUT2D eigenvalue weighted by molar-refractivity contribution is -0.138. The number of benzene rings is 3. The topological polar surface area (TPSA) is 86.8 Å². The van der Waals surface area contributed by atoms with E-state index in [0.717, 1.165) is 28.3 Å². The van der Waals surface area contributed by atoms with Crippen LogP contribution in [-0.4, -0.2) is 50.8 Å². The second-order valence-corrected chi connectivity index (χ2v) is 12.2. The van der Waals surface area contributed by atoms with Crippen LogP contribution in [-0.2, 0) is 26.0 Å². The van der Waals surface area contributed by atoms with Crippen LogP contribution in [0.4, 0.5) is 5.69 Å². The standard InChI is InChI=1S/C30H35Cl2N3O4S/c1-4-5-18-33-30(37)23(3)34(19-17-24-9-7-6-8-10-24)29(36)21-35(25-13-16-27(31)28(32)20-25)40(38,39)26-14-11-22(2)12-15-26/h6-16,20,23H,4-5,17-19,21H2,1-3H3,(H,33,37)/t23-/m1/s1. The second kappa shape index (κ2) is 14.5. The van der Waals surface area contributed by atoms with Crippen molar-refractivity contribution < 1.29 is 18.0 Å². The van der Waals surface area contributed by atoms with E-state index in [1.54, 1.807) is 19.1 Å². The fourth-order valence-electron chi connectivity index (χ4n) is 4.11. The van der Waals surface area contributed by atoms with Crippen LogP contribution >= 0.6 is 23.2 Å². The molecule has 0 heterocycles. The second-order valence-electron chi connectivity index (χ2n) is 9.57. The number of halogens is 2. The number of nitrogens with one attached hydrogen (secondary N) is 1. The molecule has 0 saturated heterocycles. The lowest BCUT2D eigenvalue weighted by atomic mass is 10.1. The number of sulfonamides is 1. The van der Waals surface area contributed by atoms with Gasteiger partial charge in [0.1, 0.15) is 12.6 Å². The zero-order valence-electron chi connectivity index (χ0n) is 22.9. The third-order valence-electron chi connectivity index (χ3n) is 6.56. The molecule has 0 unspecified atom stereocenters. The van der Waals surface area contributed by atoms with Crippen molar-refractivity contribution in [1.82, 2.24) is 10.2 Å². The predicted octanol–water partition coefficient (Wildman–Crippen LogP) is 5.87. The molecule has 0 bridgehead atoms. The zero-order valence-corrected chi connectivity index (χ0v) is 25.3. The lowest BCUT2D eigenvalue weighted by Gasteiger charge is -2.32. The van der Waals surface area contributed by atoms with E-state index >= 15 is 0 Å². The minimum atomic E-state index is -4.18. The quantitative estimate of drug-likeness (QED) is 0.247. The molecule has 0 aromatic heterocycles. The van der Waals surface area contributed by atoms with Crippen molar-refractivity contribution in [2.45, 2.75) is 51.0 Å². The molecule has 0 spiro atoms. The van der Waals surface area contributed by atoms with Gasteiger partial charge in [-0.05, 0) is 62.6 Å². The molecule has 1 atom stereocenters. The summed E-state index contributed by atoms with van der Waals surface area (Å²) in [6.45, 7) is 5.73. The average Bonchev–Trinajstić information content (AvgIpc) is 2.94. The van der Waals surface area contributed by atoms with Gasteiger partial charge in [-0.25, -0.2) is 8.42 Å². The number of carbonyl (C=O) groups excluding carboxylic acids is 2. The number of hydrogen-bond donors (Lipinski definition) is 1. The Bertz CT molecular complexity index is 1400. The molecule has 0 radical (unpaired) electrons. The van der Waals surface area contributed by atoms with E-state index in [9.17, 15) is 18.0 Å². The molecule has 40 heavy (non-hydrogen) atoms. The molecule has 0 aliphatic rings. The molecular weight excluding hydrogens is 569 g/mol. The highest BCUT2D eigenvalue weighted by Crippen LogP contribution is 2.31. The molecule has 10 heteroatoms. The summed E-state index contributed by atoms with van der Waals surface area (Å²) in [5.74, 6) is -0.812. The maximum atomic E-state index is 13.9. The van der Waals surface area contributed by atoms with Crippen LogP contribution < -0.4 is 9.62 Å². The van der Waals surface area contributed by atoms with Crippen molar-refractivity contribution in [2.75, 3.05) is 23.9 Å². The van der Waals surface area contributed by atoms with E-state index in [-0.39, 0.29) is 33.1 Å². The van der Waals surface area contributed by atoms with Crippen molar-refractivity contribution in [3.63, 3.8) is 0 Å². The van der Waals surface area contributed by atoms with Crippen LogP contribution in [0.5, 0.6) is 0 Å². The Labute approximate surface area is 247 Å². The molecule has 3 rings (SSSR count). The van der Waals surface area contributed by atoms with Gasteiger partial charge in [-0.15, -0.1) is 0 Å². The summed E-state index contributed by atoms with van der Waals surface area (Å²) in [5, 5.41) is 3.29. The number of carbonyl (C=O) groups is 2. The van der Waals surface area contributed by atoms with Crippen molar-refractivity contribution >= 4 is 50.7 Å². The summed E-state index contributed by atoms with van der Waals surface area (Å²) in [7, 11) is -4.18. The normalized spacial score (nSPS) is 12.0. The molecule has 3 aromatic carbocycles. The number of aryl methyl sites for hydroxylation is 1. The van der Waals surface area contributed by atoms with Gasteiger partial charge in [0.2, 0.25) is 11.8 Å². The van der Waals surface area contributed by atoms with Crippen LogP contribution in [0.1, 0.15) is 37.8 Å². The van der Waals surface area contributed by atoms with E-state index in [1.165, 1.54) is 35.2 Å². The lowest BCUT2D eigenvalue weighted by Crippen LogP contribution is -2.52. The van der Waals surface area contributed by atoms with Crippen molar-refractivity contribution in [3.05, 3.63) is 94.0 Å². The minimum Gasteiger partial charge on any atom is -0.354 e. The van der Waals surface area contributed by atoms with Gasteiger partial charge in [0, 0.05) is 13.1 Å². The van der Waals surface area contributed by atoms with E-state index < -0.39 is 28.5 Å². The molecule has 7 nitrogen and oxygen atoms in total. The summed E-state index contributed by atoms with van der Waals surface area (Å²) in [6, 6.07) is 19.6. The Morgan fingerprint density at radius 2 is 1.62 bits per heavy atom. The van der Waals surface area contributed by atoms with Gasteiger partial charge in [0.25, 0.3) is 10.0 Å². The van der Waals surface area contributed by atoms with Crippen LogP contribution in [0.25, 0.3) is 0 Å². The van der Waals surface area contributed by atoms with Gasteiger partial charge in [-0.2, -0.15) is 0 Å². The van der Waals surface area contributed by atoms with E-state index in [0.29, 0.717) is 13.0 Å². The summed E-state index contributed by atoms with van der Waals surface area (Å²) in [4.78, 5) is 28.3. The maximum Gasteiger partial charge on any atom is 0.264 e. The Morgan fingerprint density at radius 1 is 0.950 bits per heavy atom. The summed E-state index contributed by atoms with van der Waals surface area (Å²) >= 11 is 12.3. The Hall–Kier alpha value is -3.07. The number of unbranched alkanes of at least 4 members (excludes halogenated alkanes) is 1. The fourth-order valence-corrected chi connectivity index (χ4v) is 5.81. The van der Waals surface area contributed by atoms with Gasteiger partial charge in [-0.3, -0.25) is 13.9 Å².